The van der Waals surface area contributed by atoms with Gasteiger partial charge in [-0.1, -0.05) is 30.3 Å². The molecule has 2 heterocycles. The number of benzene rings is 3. The van der Waals surface area contributed by atoms with E-state index >= 15 is 0 Å². The van der Waals surface area contributed by atoms with Crippen molar-refractivity contribution in [2.45, 2.75) is 20.4 Å². The minimum atomic E-state index is 0.268. The first-order valence-electron chi connectivity index (χ1n) is 10.4. The van der Waals surface area contributed by atoms with Crippen LogP contribution < -0.4 is 19.0 Å². The largest absolute Gasteiger partial charge is 0.496 e. The van der Waals surface area contributed by atoms with Crippen LogP contribution in [0.25, 0.3) is 11.3 Å². The quantitative estimate of drug-likeness (QED) is 0.388. The number of methoxy groups -OCH3 is 1. The van der Waals surface area contributed by atoms with Crippen LogP contribution in [-0.2, 0) is 6.54 Å². The van der Waals surface area contributed by atoms with E-state index in [-0.39, 0.29) is 6.79 Å². The van der Waals surface area contributed by atoms with Crippen LogP contribution in [0.2, 0.25) is 0 Å². The van der Waals surface area contributed by atoms with Crippen molar-refractivity contribution in [3.05, 3.63) is 87.5 Å². The molecule has 0 radical (unpaired) electrons. The van der Waals surface area contributed by atoms with Gasteiger partial charge in [0.25, 0.3) is 0 Å². The van der Waals surface area contributed by atoms with Crippen molar-refractivity contribution < 1.29 is 14.2 Å². The minimum Gasteiger partial charge on any atom is -0.496 e. The van der Waals surface area contributed by atoms with Gasteiger partial charge in [0.2, 0.25) is 6.79 Å². The second-order valence-electron chi connectivity index (χ2n) is 7.78. The van der Waals surface area contributed by atoms with Gasteiger partial charge in [-0.3, -0.25) is 0 Å². The average molecular weight is 445 g/mol. The smallest absolute Gasteiger partial charge is 0.231 e. The molecule has 0 fully saturated rings. The lowest BCUT2D eigenvalue weighted by Crippen LogP contribution is -2.17. The van der Waals surface area contributed by atoms with E-state index in [9.17, 15) is 0 Å². The van der Waals surface area contributed by atoms with Crippen LogP contribution in [0.15, 0.2) is 71.0 Å². The Morgan fingerprint density at radius 3 is 2.72 bits per heavy atom. The first kappa shape index (κ1) is 20.4. The van der Waals surface area contributed by atoms with Crippen LogP contribution in [0.3, 0.4) is 0 Å². The Morgan fingerprint density at radius 2 is 1.84 bits per heavy atom. The Hall–Kier alpha value is -3.51. The maximum atomic E-state index is 5.65. The Bertz CT molecular complexity index is 1350. The summed E-state index contributed by atoms with van der Waals surface area (Å²) in [4.78, 5) is 5.98. The SMILES string of the molecule is COc1ccccc1-c1csc(=Nc2cc(C)ccc2C)n1Cc1ccc2c(c1)OCO2. The minimum absolute atomic E-state index is 0.268. The first-order chi connectivity index (χ1) is 15.6. The molecule has 0 aliphatic carbocycles. The summed E-state index contributed by atoms with van der Waals surface area (Å²) in [6, 6.07) is 20.5. The number of hydrogen-bond donors (Lipinski definition) is 0. The van der Waals surface area contributed by atoms with E-state index in [4.69, 9.17) is 19.2 Å². The van der Waals surface area contributed by atoms with Gasteiger partial charge in [-0.15, -0.1) is 11.3 Å². The zero-order chi connectivity index (χ0) is 22.1. The summed E-state index contributed by atoms with van der Waals surface area (Å²) in [6.07, 6.45) is 0. The van der Waals surface area contributed by atoms with Crippen molar-refractivity contribution in [3.63, 3.8) is 0 Å². The third kappa shape index (κ3) is 3.89. The summed E-state index contributed by atoms with van der Waals surface area (Å²) in [5.41, 5.74) is 6.54. The molecule has 0 unspecified atom stereocenters. The van der Waals surface area contributed by atoms with Crippen molar-refractivity contribution in [3.8, 4) is 28.5 Å². The van der Waals surface area contributed by atoms with E-state index in [1.807, 2.05) is 30.3 Å². The molecule has 1 aromatic heterocycles. The molecule has 6 heteroatoms. The van der Waals surface area contributed by atoms with Gasteiger partial charge in [0.1, 0.15) is 5.75 Å². The molecule has 32 heavy (non-hydrogen) atoms. The highest BCUT2D eigenvalue weighted by molar-refractivity contribution is 7.07. The lowest BCUT2D eigenvalue weighted by molar-refractivity contribution is 0.174. The molecule has 0 N–H and O–H groups in total. The van der Waals surface area contributed by atoms with Crippen LogP contribution in [-0.4, -0.2) is 18.5 Å². The third-order valence-electron chi connectivity index (χ3n) is 5.54. The van der Waals surface area contributed by atoms with Crippen molar-refractivity contribution in [1.82, 2.24) is 4.57 Å². The molecule has 3 aromatic carbocycles. The number of rotatable bonds is 5. The molecule has 4 aromatic rings. The molecule has 0 atom stereocenters. The van der Waals surface area contributed by atoms with Crippen molar-refractivity contribution in [2.75, 3.05) is 13.9 Å². The molecule has 0 saturated carbocycles. The van der Waals surface area contributed by atoms with E-state index < -0.39 is 0 Å². The number of ether oxygens (including phenoxy) is 3. The molecule has 1 aliphatic heterocycles. The number of nitrogens with zero attached hydrogens (tertiary/aromatic N) is 2. The Balaban J connectivity index is 1.67. The van der Waals surface area contributed by atoms with Gasteiger partial charge in [-0.05, 0) is 60.9 Å². The number of para-hydroxylation sites is 1. The predicted octanol–water partition coefficient (Wildman–Crippen LogP) is 5.85. The molecular formula is C26H24N2O3S. The van der Waals surface area contributed by atoms with Crippen LogP contribution >= 0.6 is 11.3 Å². The maximum absolute atomic E-state index is 5.65. The van der Waals surface area contributed by atoms with Gasteiger partial charge in [0.15, 0.2) is 16.3 Å². The standard InChI is InChI=1S/C26H24N2O3S/c1-17-8-9-18(2)21(12-17)27-26-28(14-19-10-11-24-25(13-19)31-16-30-24)22(15-32-26)20-6-4-5-7-23(20)29-3/h4-13,15H,14,16H2,1-3H3. The highest BCUT2D eigenvalue weighted by Gasteiger charge is 2.16. The third-order valence-corrected chi connectivity index (χ3v) is 6.40. The Morgan fingerprint density at radius 1 is 1.00 bits per heavy atom. The fourth-order valence-electron chi connectivity index (χ4n) is 3.81. The Labute approximate surface area is 191 Å². The predicted molar refractivity (Wildman–Crippen MR) is 127 cm³/mol. The van der Waals surface area contributed by atoms with Crippen molar-refractivity contribution in [1.29, 1.82) is 0 Å². The lowest BCUT2D eigenvalue weighted by Gasteiger charge is -2.13. The summed E-state index contributed by atoms with van der Waals surface area (Å²) in [7, 11) is 1.70. The highest BCUT2D eigenvalue weighted by atomic mass is 32.1. The van der Waals surface area contributed by atoms with Gasteiger partial charge < -0.3 is 18.8 Å². The van der Waals surface area contributed by atoms with Gasteiger partial charge in [-0.2, -0.15) is 0 Å². The number of aryl methyl sites for hydroxylation is 2. The average Bonchev–Trinajstić information content (AvgIpc) is 3.43. The summed E-state index contributed by atoms with van der Waals surface area (Å²) in [5, 5.41) is 2.15. The van der Waals surface area contributed by atoms with Gasteiger partial charge in [0.05, 0.1) is 25.0 Å². The molecule has 0 spiro atoms. The number of aromatic nitrogens is 1. The van der Waals surface area contributed by atoms with E-state index in [0.717, 1.165) is 50.1 Å². The zero-order valence-corrected chi connectivity index (χ0v) is 19.1. The fourth-order valence-corrected chi connectivity index (χ4v) is 4.72. The van der Waals surface area contributed by atoms with Crippen LogP contribution in [0.5, 0.6) is 17.2 Å². The monoisotopic (exact) mass is 444 g/mol. The summed E-state index contributed by atoms with van der Waals surface area (Å²) >= 11 is 1.63. The maximum Gasteiger partial charge on any atom is 0.231 e. The second kappa shape index (κ2) is 8.55. The van der Waals surface area contributed by atoms with E-state index in [1.54, 1.807) is 18.4 Å². The number of hydrogen-bond acceptors (Lipinski definition) is 5. The molecule has 0 saturated heterocycles. The molecule has 0 amide bonds. The molecule has 5 rings (SSSR count). The highest BCUT2D eigenvalue weighted by Crippen LogP contribution is 2.34. The molecule has 5 nitrogen and oxygen atoms in total. The molecule has 1 aliphatic rings. The van der Waals surface area contributed by atoms with Gasteiger partial charge >= 0.3 is 0 Å². The van der Waals surface area contributed by atoms with Crippen LogP contribution in [0.1, 0.15) is 16.7 Å². The van der Waals surface area contributed by atoms with E-state index in [2.05, 4.69) is 54.1 Å². The second-order valence-corrected chi connectivity index (χ2v) is 8.62. The summed E-state index contributed by atoms with van der Waals surface area (Å²) < 4.78 is 19.0. The van der Waals surface area contributed by atoms with E-state index in [0.29, 0.717) is 6.54 Å². The van der Waals surface area contributed by atoms with Crippen LogP contribution in [0, 0.1) is 13.8 Å². The molecular weight excluding hydrogens is 420 g/mol. The number of fused-ring (bicyclic) bond motifs is 1. The topological polar surface area (TPSA) is 45.0 Å². The van der Waals surface area contributed by atoms with Crippen LogP contribution in [0.4, 0.5) is 5.69 Å². The number of thiazole rings is 1. The fraction of sp³-hybridized carbons (Fsp3) is 0.192. The normalized spacial score (nSPS) is 12.9. The summed E-state index contributed by atoms with van der Waals surface area (Å²) in [5.74, 6) is 2.41. The van der Waals surface area contributed by atoms with Gasteiger partial charge in [-0.25, -0.2) is 4.99 Å². The Kier molecular flexibility index (Phi) is 5.45. The van der Waals surface area contributed by atoms with Gasteiger partial charge in [0, 0.05) is 10.9 Å². The van der Waals surface area contributed by atoms with E-state index in [1.165, 1.54) is 5.56 Å². The summed E-state index contributed by atoms with van der Waals surface area (Å²) in [6.45, 7) is 5.10. The molecule has 162 valence electrons. The molecule has 0 bridgehead atoms. The lowest BCUT2D eigenvalue weighted by atomic mass is 10.1. The van der Waals surface area contributed by atoms with Crippen molar-refractivity contribution >= 4 is 17.0 Å². The first-order valence-corrected chi connectivity index (χ1v) is 11.3. The van der Waals surface area contributed by atoms with Crippen molar-refractivity contribution in [2.24, 2.45) is 4.99 Å². The zero-order valence-electron chi connectivity index (χ0n) is 18.3.